The molecule has 1 aliphatic heterocycles. The Kier molecular flexibility index (Phi) is 7.31. The van der Waals surface area contributed by atoms with Gasteiger partial charge < -0.3 is 24.4 Å². The zero-order valence-electron chi connectivity index (χ0n) is 22.3. The molecule has 1 fully saturated rings. The van der Waals surface area contributed by atoms with E-state index < -0.39 is 20.9 Å². The fourth-order valence-corrected chi connectivity index (χ4v) is 6.32. The Bertz CT molecular complexity index is 1550. The number of methoxy groups -OCH3 is 3. The molecule has 3 aromatic rings. The smallest absolute Gasteiger partial charge is 0.318 e. The number of urea groups is 1. The van der Waals surface area contributed by atoms with E-state index in [9.17, 15) is 17.8 Å². The van der Waals surface area contributed by atoms with Crippen molar-refractivity contribution in [3.05, 3.63) is 102 Å². The number of hydrogen-bond donors (Lipinski definition) is 2. The van der Waals surface area contributed by atoms with Crippen LogP contribution in [0.2, 0.25) is 0 Å². The van der Waals surface area contributed by atoms with Crippen LogP contribution in [0.3, 0.4) is 0 Å². The van der Waals surface area contributed by atoms with Crippen LogP contribution in [0.1, 0.15) is 16.7 Å². The zero-order chi connectivity index (χ0) is 28.5. The van der Waals surface area contributed by atoms with Crippen LogP contribution >= 0.6 is 0 Å². The number of hydrogen-bond acceptors (Lipinski definition) is 6. The number of nitrogens with zero attached hydrogens (tertiary/aromatic N) is 1. The maximum Gasteiger partial charge on any atom is 0.318 e. The van der Waals surface area contributed by atoms with E-state index in [4.69, 9.17) is 14.2 Å². The summed E-state index contributed by atoms with van der Waals surface area (Å²) < 4.78 is 53.3. The Morgan fingerprint density at radius 2 is 1.27 bits per heavy atom. The van der Waals surface area contributed by atoms with Crippen molar-refractivity contribution in [1.29, 1.82) is 0 Å². The highest BCUT2D eigenvalue weighted by Crippen LogP contribution is 2.58. The van der Waals surface area contributed by atoms with Crippen molar-refractivity contribution >= 4 is 27.3 Å². The highest BCUT2D eigenvalue weighted by molar-refractivity contribution is 7.86. The summed E-state index contributed by atoms with van der Waals surface area (Å²) >= 11 is 0. The lowest BCUT2D eigenvalue weighted by molar-refractivity contribution is 0.192. The number of para-hydroxylation sites is 3. The average molecular weight is 563 g/mol. The first-order valence-electron chi connectivity index (χ1n) is 12.6. The zero-order valence-corrected chi connectivity index (χ0v) is 23.1. The fourth-order valence-electron chi connectivity index (χ4n) is 5.70. The van der Waals surface area contributed by atoms with Gasteiger partial charge in [0.25, 0.3) is 10.1 Å². The van der Waals surface area contributed by atoms with Gasteiger partial charge in [-0.15, -0.1) is 0 Å². The summed E-state index contributed by atoms with van der Waals surface area (Å²) in [5.74, 6) is 1.40. The molecule has 0 atom stereocenters. The van der Waals surface area contributed by atoms with Gasteiger partial charge in [0.05, 0.1) is 21.3 Å². The number of benzene rings is 3. The maximum absolute atomic E-state index is 13.7. The molecule has 0 unspecified atom stereocenters. The molecule has 3 aromatic carbocycles. The first-order chi connectivity index (χ1) is 19.3. The SMILES string of the molecule is COc1ccccc1C1=CC(S(=O)(=O)O)C=C(c2ccccc2OC)C1(c1ccccc1OC)N1CCNC1=O. The van der Waals surface area contributed by atoms with E-state index in [0.29, 0.717) is 58.2 Å². The lowest BCUT2D eigenvalue weighted by atomic mass is 9.67. The molecule has 2 N–H and O–H groups in total. The van der Waals surface area contributed by atoms with E-state index in [0.717, 1.165) is 0 Å². The first-order valence-corrected chi connectivity index (χ1v) is 14.1. The molecule has 10 heteroatoms. The Balaban J connectivity index is 2.02. The van der Waals surface area contributed by atoms with Crippen LogP contribution in [0, 0.1) is 0 Å². The standard InChI is InChI=1S/C30H30N2O7S/c1-37-26-13-7-4-10-21(26)24-18-20(40(34,35)36)19-25(22-11-5-8-14-27(22)38-2)30(24,32-17-16-31-29(32)33)23-12-6-9-15-28(23)39-3/h4-15,18-20H,16-17H2,1-3H3,(H,31,33)(H,34,35,36). The summed E-state index contributed by atoms with van der Waals surface area (Å²) in [5.41, 5.74) is 1.11. The third-order valence-electron chi connectivity index (χ3n) is 7.34. The molecule has 9 nitrogen and oxygen atoms in total. The Hall–Kier alpha value is -4.28. The Morgan fingerprint density at radius 3 is 1.73 bits per heavy atom. The van der Waals surface area contributed by atoms with E-state index in [1.54, 1.807) is 66.6 Å². The van der Waals surface area contributed by atoms with Crippen molar-refractivity contribution in [2.24, 2.45) is 0 Å². The van der Waals surface area contributed by atoms with E-state index in [-0.39, 0.29) is 6.03 Å². The summed E-state index contributed by atoms with van der Waals surface area (Å²) in [6, 6.07) is 21.3. The number of ether oxygens (including phenoxy) is 3. The van der Waals surface area contributed by atoms with Crippen molar-refractivity contribution in [2.45, 2.75) is 10.8 Å². The molecular weight excluding hydrogens is 532 g/mol. The predicted molar refractivity (Wildman–Crippen MR) is 152 cm³/mol. The Labute approximate surface area is 233 Å². The quantitative estimate of drug-likeness (QED) is 0.392. The maximum atomic E-state index is 13.7. The second kappa shape index (κ2) is 10.7. The van der Waals surface area contributed by atoms with E-state index >= 15 is 0 Å². The van der Waals surface area contributed by atoms with Crippen LogP contribution in [0.4, 0.5) is 4.79 Å². The molecule has 1 aliphatic carbocycles. The Morgan fingerprint density at radius 1 is 0.800 bits per heavy atom. The second-order valence-electron chi connectivity index (χ2n) is 9.34. The number of nitrogens with one attached hydrogen (secondary N) is 1. The minimum Gasteiger partial charge on any atom is -0.496 e. The predicted octanol–water partition coefficient (Wildman–Crippen LogP) is 4.37. The topological polar surface area (TPSA) is 114 Å². The van der Waals surface area contributed by atoms with Crippen molar-refractivity contribution in [1.82, 2.24) is 10.2 Å². The van der Waals surface area contributed by atoms with Gasteiger partial charge in [0, 0.05) is 29.8 Å². The minimum atomic E-state index is -4.62. The van der Waals surface area contributed by atoms with Crippen molar-refractivity contribution in [2.75, 3.05) is 34.4 Å². The minimum absolute atomic E-state index is 0.298. The fraction of sp³-hybridized carbons (Fsp3) is 0.233. The molecule has 0 radical (unpaired) electrons. The van der Waals surface area contributed by atoms with Crippen LogP contribution in [0.5, 0.6) is 17.2 Å². The molecule has 0 spiro atoms. The largest absolute Gasteiger partial charge is 0.496 e. The normalized spacial score (nSPS) is 20.9. The van der Waals surface area contributed by atoms with Gasteiger partial charge in [0.2, 0.25) is 0 Å². The molecule has 40 heavy (non-hydrogen) atoms. The van der Waals surface area contributed by atoms with Crippen molar-refractivity contribution in [3.63, 3.8) is 0 Å². The third-order valence-corrected chi connectivity index (χ3v) is 8.30. The molecule has 2 aliphatic rings. The molecular formula is C30H30N2O7S. The van der Waals surface area contributed by atoms with Gasteiger partial charge in [-0.2, -0.15) is 8.42 Å². The monoisotopic (exact) mass is 562 g/mol. The molecule has 1 heterocycles. The van der Waals surface area contributed by atoms with Gasteiger partial charge in [-0.25, -0.2) is 4.79 Å². The van der Waals surface area contributed by atoms with Gasteiger partial charge in [-0.05, 0) is 29.3 Å². The van der Waals surface area contributed by atoms with Crippen LogP contribution in [0.15, 0.2) is 84.9 Å². The van der Waals surface area contributed by atoms with Crippen LogP contribution < -0.4 is 19.5 Å². The van der Waals surface area contributed by atoms with E-state index in [1.807, 2.05) is 18.2 Å². The van der Waals surface area contributed by atoms with Crippen molar-refractivity contribution in [3.8, 4) is 17.2 Å². The van der Waals surface area contributed by atoms with Gasteiger partial charge in [0.15, 0.2) is 0 Å². The summed E-state index contributed by atoms with van der Waals surface area (Å²) in [5, 5.41) is 1.47. The van der Waals surface area contributed by atoms with Crippen LogP contribution in [-0.4, -0.2) is 63.6 Å². The van der Waals surface area contributed by atoms with Gasteiger partial charge in [-0.3, -0.25) is 4.55 Å². The van der Waals surface area contributed by atoms with Gasteiger partial charge in [-0.1, -0.05) is 66.7 Å². The lowest BCUT2D eigenvalue weighted by Gasteiger charge is -2.48. The van der Waals surface area contributed by atoms with E-state index in [2.05, 4.69) is 5.32 Å². The summed E-state index contributed by atoms with van der Waals surface area (Å²) in [6.07, 6.45) is 2.95. The van der Waals surface area contributed by atoms with Gasteiger partial charge >= 0.3 is 6.03 Å². The molecule has 0 aromatic heterocycles. The van der Waals surface area contributed by atoms with E-state index in [1.165, 1.54) is 26.4 Å². The number of carbonyl (C=O) groups is 1. The first kappa shape index (κ1) is 27.3. The average Bonchev–Trinajstić information content (AvgIpc) is 3.41. The number of carbonyl (C=O) groups excluding carboxylic acids is 1. The third kappa shape index (κ3) is 4.39. The molecule has 0 bridgehead atoms. The second-order valence-corrected chi connectivity index (χ2v) is 10.9. The molecule has 2 amide bonds. The molecule has 5 rings (SSSR count). The van der Waals surface area contributed by atoms with Crippen LogP contribution in [0.25, 0.3) is 11.1 Å². The number of amides is 2. The van der Waals surface area contributed by atoms with Crippen LogP contribution in [-0.2, 0) is 15.7 Å². The van der Waals surface area contributed by atoms with Crippen molar-refractivity contribution < 1.29 is 32.0 Å². The molecule has 0 saturated carbocycles. The highest BCUT2D eigenvalue weighted by atomic mass is 32.2. The molecule has 1 saturated heterocycles. The molecule has 208 valence electrons. The summed E-state index contributed by atoms with van der Waals surface area (Å²) in [7, 11) is -0.0344. The number of rotatable bonds is 8. The summed E-state index contributed by atoms with van der Waals surface area (Å²) in [6.45, 7) is 0.669. The lowest BCUT2D eigenvalue weighted by Crippen LogP contribution is -2.51. The summed E-state index contributed by atoms with van der Waals surface area (Å²) in [4.78, 5) is 15.4. The van der Waals surface area contributed by atoms with Gasteiger partial charge in [0.1, 0.15) is 28.0 Å². The highest BCUT2D eigenvalue weighted by Gasteiger charge is 2.54.